The highest BCUT2D eigenvalue weighted by Crippen LogP contribution is 2.16. The molecule has 0 aromatic carbocycles. The number of rotatable bonds is 12. The van der Waals surface area contributed by atoms with E-state index in [0.29, 0.717) is 12.5 Å². The minimum Gasteiger partial charge on any atom is -0.726 e. The van der Waals surface area contributed by atoms with E-state index in [1.807, 2.05) is 0 Å². The topological polar surface area (TPSA) is 75.7 Å². The Kier molecular flexibility index (Phi) is 10.6. The molecule has 6 heteroatoms. The second-order valence-corrected chi connectivity index (χ2v) is 5.51. The zero-order valence-electron chi connectivity index (χ0n) is 11.4. The van der Waals surface area contributed by atoms with Crippen LogP contribution in [-0.2, 0) is 19.3 Å². The maximum Gasteiger partial charge on any atom is 0.217 e. The Morgan fingerprint density at radius 3 is 2.33 bits per heavy atom. The maximum atomic E-state index is 10.2. The second kappa shape index (κ2) is 10.7. The molecule has 18 heavy (non-hydrogen) atoms. The van der Waals surface area contributed by atoms with Gasteiger partial charge in [-0.05, 0) is 18.8 Å². The molecule has 0 N–H and O–H groups in total. The zero-order chi connectivity index (χ0) is 13.9. The molecule has 0 saturated heterocycles. The summed E-state index contributed by atoms with van der Waals surface area (Å²) in [5.41, 5.74) is 0. The smallest absolute Gasteiger partial charge is 0.217 e. The maximum absolute atomic E-state index is 10.2. The molecule has 0 heterocycles. The Labute approximate surface area is 111 Å². The van der Waals surface area contributed by atoms with Gasteiger partial charge in [-0.3, -0.25) is 4.18 Å². The third kappa shape index (κ3) is 12.3. The van der Waals surface area contributed by atoms with Crippen molar-refractivity contribution in [2.45, 2.75) is 52.4 Å². The molecule has 110 valence electrons. The summed E-state index contributed by atoms with van der Waals surface area (Å²) in [6, 6.07) is 0. The monoisotopic (exact) mass is 281 g/mol. The summed E-state index contributed by atoms with van der Waals surface area (Å²) in [4.78, 5) is 0. The zero-order valence-corrected chi connectivity index (χ0v) is 12.2. The van der Waals surface area contributed by atoms with Gasteiger partial charge >= 0.3 is 0 Å². The molecule has 1 atom stereocenters. The van der Waals surface area contributed by atoms with E-state index < -0.39 is 10.4 Å². The van der Waals surface area contributed by atoms with Crippen LogP contribution in [0.2, 0.25) is 0 Å². The van der Waals surface area contributed by atoms with Gasteiger partial charge in [0.05, 0.1) is 13.2 Å². The fourth-order valence-electron chi connectivity index (χ4n) is 1.85. The van der Waals surface area contributed by atoms with Crippen molar-refractivity contribution in [3.8, 4) is 0 Å². The highest BCUT2D eigenvalue weighted by molar-refractivity contribution is 7.80. The summed E-state index contributed by atoms with van der Waals surface area (Å²) >= 11 is 0. The van der Waals surface area contributed by atoms with Crippen molar-refractivity contribution in [1.82, 2.24) is 0 Å². The molecule has 0 spiro atoms. The predicted molar refractivity (Wildman–Crippen MR) is 69.0 cm³/mol. The molecule has 0 saturated carbocycles. The van der Waals surface area contributed by atoms with E-state index in [0.717, 1.165) is 19.3 Å². The number of unbranched alkanes of at least 4 members (excludes halogenated alkanes) is 2. The molecule has 0 aliphatic heterocycles. The fraction of sp³-hybridized carbons (Fsp3) is 1.00. The van der Waals surface area contributed by atoms with Gasteiger partial charge in [0.15, 0.2) is 0 Å². The molecule has 0 amide bonds. The van der Waals surface area contributed by atoms with Crippen LogP contribution in [0.25, 0.3) is 0 Å². The Bertz CT molecular complexity index is 276. The van der Waals surface area contributed by atoms with E-state index in [1.54, 1.807) is 0 Å². The van der Waals surface area contributed by atoms with E-state index in [9.17, 15) is 13.0 Å². The first-order valence-corrected chi connectivity index (χ1v) is 8.00. The van der Waals surface area contributed by atoms with E-state index in [1.165, 1.54) is 19.3 Å². The third-order valence-electron chi connectivity index (χ3n) is 2.72. The van der Waals surface area contributed by atoms with Crippen molar-refractivity contribution in [2.75, 3.05) is 19.8 Å². The molecule has 0 aromatic heterocycles. The number of ether oxygens (including phenoxy) is 1. The minimum atomic E-state index is -4.58. The first kappa shape index (κ1) is 17.8. The van der Waals surface area contributed by atoms with Crippen LogP contribution >= 0.6 is 0 Å². The molecule has 0 aliphatic carbocycles. The first-order chi connectivity index (χ1) is 8.49. The van der Waals surface area contributed by atoms with Crippen LogP contribution in [0.15, 0.2) is 0 Å². The molecule has 0 aromatic rings. The van der Waals surface area contributed by atoms with Crippen molar-refractivity contribution in [3.63, 3.8) is 0 Å². The molecular weight excluding hydrogens is 256 g/mol. The molecule has 0 radical (unpaired) electrons. The van der Waals surface area contributed by atoms with Crippen molar-refractivity contribution in [1.29, 1.82) is 0 Å². The van der Waals surface area contributed by atoms with Crippen molar-refractivity contribution >= 4 is 10.4 Å². The Balaban J connectivity index is 3.62. The summed E-state index contributed by atoms with van der Waals surface area (Å²) in [6.07, 6.45) is 7.01. The lowest BCUT2D eigenvalue weighted by molar-refractivity contribution is 0.0665. The quantitative estimate of drug-likeness (QED) is 0.312. The Hall–Kier alpha value is -0.170. The van der Waals surface area contributed by atoms with Gasteiger partial charge in [0.2, 0.25) is 10.4 Å². The Morgan fingerprint density at radius 1 is 1.06 bits per heavy atom. The SMILES string of the molecule is CCCCCC(CCC)COCCOS(=O)(=O)[O-]. The van der Waals surface area contributed by atoms with Gasteiger partial charge in [-0.2, -0.15) is 0 Å². The minimum absolute atomic E-state index is 0.148. The van der Waals surface area contributed by atoms with Gasteiger partial charge in [0.1, 0.15) is 0 Å². The van der Waals surface area contributed by atoms with E-state index in [4.69, 9.17) is 4.74 Å². The molecular formula is C12H25O5S-. The van der Waals surface area contributed by atoms with Crippen LogP contribution in [0.5, 0.6) is 0 Å². The largest absolute Gasteiger partial charge is 0.726 e. The van der Waals surface area contributed by atoms with Gasteiger partial charge < -0.3 is 9.29 Å². The summed E-state index contributed by atoms with van der Waals surface area (Å²) in [5.74, 6) is 0.519. The van der Waals surface area contributed by atoms with Crippen LogP contribution in [0.4, 0.5) is 0 Å². The van der Waals surface area contributed by atoms with Crippen molar-refractivity contribution in [2.24, 2.45) is 5.92 Å². The molecule has 0 aliphatic rings. The van der Waals surface area contributed by atoms with E-state index in [2.05, 4.69) is 18.0 Å². The van der Waals surface area contributed by atoms with Crippen LogP contribution < -0.4 is 0 Å². The first-order valence-electron chi connectivity index (χ1n) is 6.67. The third-order valence-corrected chi connectivity index (χ3v) is 3.18. The number of hydrogen-bond acceptors (Lipinski definition) is 5. The summed E-state index contributed by atoms with van der Waals surface area (Å²) < 4.78 is 39.9. The number of hydrogen-bond donors (Lipinski definition) is 0. The van der Waals surface area contributed by atoms with Gasteiger partial charge in [-0.1, -0.05) is 39.5 Å². The van der Waals surface area contributed by atoms with Crippen molar-refractivity contribution < 1.29 is 21.9 Å². The molecule has 5 nitrogen and oxygen atoms in total. The molecule has 1 unspecified atom stereocenters. The summed E-state index contributed by atoms with van der Waals surface area (Å²) in [7, 11) is -4.58. The molecule has 0 bridgehead atoms. The second-order valence-electron chi connectivity index (χ2n) is 4.46. The summed E-state index contributed by atoms with van der Waals surface area (Å²) in [5, 5.41) is 0. The van der Waals surface area contributed by atoms with Gasteiger partial charge in [0.25, 0.3) is 0 Å². The lowest BCUT2D eigenvalue weighted by atomic mass is 9.97. The normalized spacial score (nSPS) is 13.7. The Morgan fingerprint density at radius 2 is 1.78 bits per heavy atom. The van der Waals surface area contributed by atoms with Crippen LogP contribution in [0.3, 0.4) is 0 Å². The van der Waals surface area contributed by atoms with Crippen LogP contribution in [0, 0.1) is 5.92 Å². The molecule has 0 fully saturated rings. The lowest BCUT2D eigenvalue weighted by Crippen LogP contribution is -2.15. The van der Waals surface area contributed by atoms with Gasteiger partial charge in [-0.25, -0.2) is 8.42 Å². The lowest BCUT2D eigenvalue weighted by Gasteiger charge is -2.16. The highest BCUT2D eigenvalue weighted by Gasteiger charge is 2.07. The van der Waals surface area contributed by atoms with Crippen LogP contribution in [0.1, 0.15) is 52.4 Å². The van der Waals surface area contributed by atoms with Crippen LogP contribution in [-0.4, -0.2) is 32.8 Å². The van der Waals surface area contributed by atoms with Crippen molar-refractivity contribution in [3.05, 3.63) is 0 Å². The standard InChI is InChI=1S/C12H26O5S/c1-3-5-6-8-12(7-4-2)11-16-9-10-17-18(13,14)15/h12H,3-11H2,1-2H3,(H,13,14,15)/p-1. The average molecular weight is 281 g/mol. The van der Waals surface area contributed by atoms with E-state index in [-0.39, 0.29) is 13.2 Å². The molecule has 0 rings (SSSR count). The highest BCUT2D eigenvalue weighted by atomic mass is 32.3. The summed E-state index contributed by atoms with van der Waals surface area (Å²) in [6.45, 7) is 4.88. The van der Waals surface area contributed by atoms with Gasteiger partial charge in [0, 0.05) is 6.61 Å². The average Bonchev–Trinajstić information content (AvgIpc) is 2.27. The predicted octanol–water partition coefficient (Wildman–Crippen LogP) is 2.48. The van der Waals surface area contributed by atoms with E-state index >= 15 is 0 Å². The van der Waals surface area contributed by atoms with Gasteiger partial charge in [-0.15, -0.1) is 0 Å². The fourth-order valence-corrected chi connectivity index (χ4v) is 2.12.